The van der Waals surface area contributed by atoms with Gasteiger partial charge in [-0.3, -0.25) is 14.9 Å². The average molecular weight is 548 g/mol. The first kappa shape index (κ1) is 26.7. The molecule has 0 radical (unpaired) electrons. The number of aromatic amines is 1. The second-order valence-electron chi connectivity index (χ2n) is 9.34. The van der Waals surface area contributed by atoms with E-state index in [0.29, 0.717) is 27.5 Å². The highest BCUT2D eigenvalue weighted by Crippen LogP contribution is 2.36. The summed E-state index contributed by atoms with van der Waals surface area (Å²) in [4.78, 5) is 34.5. The second-order valence-corrected chi connectivity index (χ2v) is 9.78. The van der Waals surface area contributed by atoms with E-state index in [-0.39, 0.29) is 17.5 Å². The van der Waals surface area contributed by atoms with Crippen molar-refractivity contribution < 1.29 is 9.59 Å². The van der Waals surface area contributed by atoms with Crippen LogP contribution >= 0.6 is 11.6 Å². The van der Waals surface area contributed by atoms with E-state index >= 15 is 0 Å². The van der Waals surface area contributed by atoms with Crippen LogP contribution in [0.4, 0.5) is 0 Å². The Hall–Kier alpha value is -4.93. The summed E-state index contributed by atoms with van der Waals surface area (Å²) in [6.45, 7) is 2.06. The number of nitrogens with zero attached hydrogens (tertiary/aromatic N) is 2. The van der Waals surface area contributed by atoms with Gasteiger partial charge in [-0.2, -0.15) is 5.26 Å². The number of hydrogen-bond donors (Lipinski definition) is 3. The monoisotopic (exact) mass is 547 g/mol. The quantitative estimate of drug-likeness (QED) is 0.143. The van der Waals surface area contributed by atoms with E-state index in [9.17, 15) is 14.9 Å². The third-order valence-electron chi connectivity index (χ3n) is 6.70. The van der Waals surface area contributed by atoms with Crippen LogP contribution in [0.2, 0.25) is 5.02 Å². The van der Waals surface area contributed by atoms with Crippen LogP contribution < -0.4 is 10.6 Å². The molecule has 2 amide bonds. The smallest absolute Gasteiger partial charge is 0.264 e. The van der Waals surface area contributed by atoms with Crippen LogP contribution in [0.1, 0.15) is 52.1 Å². The Labute approximate surface area is 236 Å². The Balaban J connectivity index is 1.58. The molecule has 5 aromatic rings. The summed E-state index contributed by atoms with van der Waals surface area (Å²) in [6.07, 6.45) is 3.34. The highest BCUT2D eigenvalue weighted by atomic mass is 35.5. The fourth-order valence-electron chi connectivity index (χ4n) is 4.79. The van der Waals surface area contributed by atoms with Crippen molar-refractivity contribution in [2.45, 2.75) is 25.8 Å². The number of imidazole rings is 1. The molecule has 1 atom stereocenters. The molecule has 0 aliphatic rings. The fraction of sp³-hybridized carbons (Fsp3) is 0.125. The van der Waals surface area contributed by atoms with Gasteiger partial charge < -0.3 is 10.3 Å². The average Bonchev–Trinajstić information content (AvgIpc) is 3.41. The van der Waals surface area contributed by atoms with E-state index in [4.69, 9.17) is 16.6 Å². The zero-order valence-corrected chi connectivity index (χ0v) is 22.5. The van der Waals surface area contributed by atoms with Crippen molar-refractivity contribution in [3.63, 3.8) is 0 Å². The maximum atomic E-state index is 13.4. The molecule has 8 heteroatoms. The summed E-state index contributed by atoms with van der Waals surface area (Å²) in [5, 5.41) is 15.0. The summed E-state index contributed by atoms with van der Waals surface area (Å²) in [6, 6.07) is 27.5. The first-order valence-electron chi connectivity index (χ1n) is 12.9. The van der Waals surface area contributed by atoms with E-state index in [0.717, 1.165) is 35.0 Å². The van der Waals surface area contributed by atoms with Crippen LogP contribution in [0.25, 0.3) is 33.5 Å². The van der Waals surface area contributed by atoms with Gasteiger partial charge in [0.05, 0.1) is 17.1 Å². The van der Waals surface area contributed by atoms with Gasteiger partial charge in [0.2, 0.25) is 0 Å². The molecule has 0 fully saturated rings. The Bertz CT molecular complexity index is 1710. The Morgan fingerprint density at radius 2 is 1.68 bits per heavy atom. The lowest BCUT2D eigenvalue weighted by Gasteiger charge is -2.19. The van der Waals surface area contributed by atoms with Crippen LogP contribution in [0.15, 0.2) is 91.0 Å². The minimum atomic E-state index is -0.629. The van der Waals surface area contributed by atoms with Gasteiger partial charge in [0.25, 0.3) is 11.8 Å². The predicted molar refractivity (Wildman–Crippen MR) is 157 cm³/mol. The second kappa shape index (κ2) is 11.9. The number of carbonyl (C=O) groups excluding carboxylic acids is 2. The molecule has 40 heavy (non-hydrogen) atoms. The van der Waals surface area contributed by atoms with Gasteiger partial charge in [0.15, 0.2) is 6.19 Å². The molecule has 198 valence electrons. The first-order valence-corrected chi connectivity index (χ1v) is 13.3. The number of halogens is 1. The molecular weight excluding hydrogens is 522 g/mol. The molecule has 1 heterocycles. The maximum Gasteiger partial charge on any atom is 0.264 e. The number of aromatic nitrogens is 2. The molecule has 0 spiro atoms. The molecule has 0 bridgehead atoms. The highest BCUT2D eigenvalue weighted by Gasteiger charge is 2.22. The minimum Gasteiger partial charge on any atom is -0.345 e. The molecule has 5 rings (SSSR count). The fourth-order valence-corrected chi connectivity index (χ4v) is 4.96. The van der Waals surface area contributed by atoms with Crippen molar-refractivity contribution in [1.82, 2.24) is 20.6 Å². The molecule has 0 saturated carbocycles. The SMILES string of the molecule is CCC[C@@H](NC(=O)c1ccc(-c2cc(Cl)ccc2-c2nc3ccccc3[nH]2)c(C(=O)NC#N)c1)c1ccccc1. The zero-order chi connectivity index (χ0) is 28.1. The molecule has 3 N–H and O–H groups in total. The molecule has 0 unspecified atom stereocenters. The number of nitriles is 1. The lowest BCUT2D eigenvalue weighted by atomic mass is 9.92. The summed E-state index contributed by atoms with van der Waals surface area (Å²) < 4.78 is 0. The van der Waals surface area contributed by atoms with Gasteiger partial charge in [0, 0.05) is 21.7 Å². The number of fused-ring (bicyclic) bond motifs is 1. The Kier molecular flexibility index (Phi) is 7.90. The van der Waals surface area contributed by atoms with Crippen LogP contribution in [0.5, 0.6) is 0 Å². The molecule has 0 aliphatic heterocycles. The van der Waals surface area contributed by atoms with Crippen molar-refractivity contribution in [1.29, 1.82) is 5.26 Å². The van der Waals surface area contributed by atoms with Gasteiger partial charge >= 0.3 is 0 Å². The van der Waals surface area contributed by atoms with Crippen LogP contribution in [0.3, 0.4) is 0 Å². The lowest BCUT2D eigenvalue weighted by molar-refractivity contribution is 0.0934. The summed E-state index contributed by atoms with van der Waals surface area (Å²) in [7, 11) is 0. The maximum absolute atomic E-state index is 13.4. The molecule has 0 aliphatic carbocycles. The van der Waals surface area contributed by atoms with Gasteiger partial charge in [-0.15, -0.1) is 0 Å². The van der Waals surface area contributed by atoms with Crippen molar-refractivity contribution >= 4 is 34.4 Å². The van der Waals surface area contributed by atoms with E-state index in [2.05, 4.69) is 22.5 Å². The van der Waals surface area contributed by atoms with Crippen LogP contribution in [-0.4, -0.2) is 21.8 Å². The number of rotatable bonds is 8. The van der Waals surface area contributed by atoms with E-state index < -0.39 is 5.91 Å². The van der Waals surface area contributed by atoms with Crippen molar-refractivity contribution in [3.05, 3.63) is 113 Å². The van der Waals surface area contributed by atoms with Crippen LogP contribution in [-0.2, 0) is 0 Å². The minimum absolute atomic E-state index is 0.167. The number of amides is 2. The molecule has 1 aromatic heterocycles. The number of benzene rings is 4. The molecular formula is C32H26ClN5O2. The molecule has 0 saturated heterocycles. The topological polar surface area (TPSA) is 111 Å². The predicted octanol–water partition coefficient (Wildman–Crippen LogP) is 7.03. The number of para-hydroxylation sites is 2. The third kappa shape index (κ3) is 5.58. The normalized spacial score (nSPS) is 11.5. The Morgan fingerprint density at radius 1 is 0.925 bits per heavy atom. The number of nitrogens with one attached hydrogen (secondary N) is 3. The lowest BCUT2D eigenvalue weighted by Crippen LogP contribution is -2.29. The summed E-state index contributed by atoms with van der Waals surface area (Å²) >= 11 is 6.41. The van der Waals surface area contributed by atoms with E-state index in [1.165, 1.54) is 6.07 Å². The number of hydrogen-bond acceptors (Lipinski definition) is 4. The van der Waals surface area contributed by atoms with E-state index in [1.54, 1.807) is 30.5 Å². The van der Waals surface area contributed by atoms with Gasteiger partial charge in [-0.05, 0) is 65.6 Å². The number of H-pyrrole nitrogens is 1. The molecule has 4 aromatic carbocycles. The van der Waals surface area contributed by atoms with E-state index in [1.807, 2.05) is 60.7 Å². The zero-order valence-electron chi connectivity index (χ0n) is 21.7. The third-order valence-corrected chi connectivity index (χ3v) is 6.93. The van der Waals surface area contributed by atoms with Gasteiger partial charge in [-0.1, -0.05) is 73.5 Å². The number of carbonyl (C=O) groups is 2. The molecule has 7 nitrogen and oxygen atoms in total. The van der Waals surface area contributed by atoms with Crippen LogP contribution in [0, 0.1) is 11.5 Å². The van der Waals surface area contributed by atoms with Crippen molar-refractivity contribution in [3.8, 4) is 28.7 Å². The largest absolute Gasteiger partial charge is 0.345 e. The summed E-state index contributed by atoms with van der Waals surface area (Å²) in [5.41, 5.74) is 5.00. The van der Waals surface area contributed by atoms with Crippen molar-refractivity contribution in [2.75, 3.05) is 0 Å². The standard InChI is InChI=1S/C32H26ClN5O2/c1-2-8-27(20-9-4-3-5-10-20)38-31(39)21-13-15-23(26(17-21)32(40)35-19-34)25-18-22(33)14-16-24(25)30-36-28-11-6-7-12-29(28)37-30/h3-7,9-18,27H,2,8H2,1H3,(H,35,40)(H,36,37)(H,38,39)/t27-/m1/s1. The van der Waals surface area contributed by atoms with Crippen molar-refractivity contribution in [2.24, 2.45) is 0 Å². The summed E-state index contributed by atoms with van der Waals surface area (Å²) in [5.74, 6) is -0.342. The van der Waals surface area contributed by atoms with Gasteiger partial charge in [-0.25, -0.2) is 4.98 Å². The van der Waals surface area contributed by atoms with Gasteiger partial charge in [0.1, 0.15) is 5.82 Å². The Morgan fingerprint density at radius 3 is 2.42 bits per heavy atom. The first-order chi connectivity index (χ1) is 19.5. The highest BCUT2D eigenvalue weighted by molar-refractivity contribution is 6.31.